The van der Waals surface area contributed by atoms with E-state index in [4.69, 9.17) is 11.6 Å². The summed E-state index contributed by atoms with van der Waals surface area (Å²) in [6.07, 6.45) is 1.52. The van der Waals surface area contributed by atoms with Gasteiger partial charge in [-0.2, -0.15) is 4.98 Å². The Morgan fingerprint density at radius 3 is 2.90 bits per heavy atom. The number of halogens is 2. The molecule has 6 nitrogen and oxygen atoms in total. The summed E-state index contributed by atoms with van der Waals surface area (Å²) in [5.74, 6) is 0.0922. The minimum absolute atomic E-state index is 0.106. The molecule has 2 N–H and O–H groups in total. The van der Waals surface area contributed by atoms with E-state index in [2.05, 4.69) is 41.5 Å². The molecule has 0 saturated carbocycles. The summed E-state index contributed by atoms with van der Waals surface area (Å²) in [6, 6.07) is 6.95. The molecule has 0 spiro atoms. The Bertz CT molecular complexity index is 639. The summed E-state index contributed by atoms with van der Waals surface area (Å²) >= 11 is 9.06. The van der Waals surface area contributed by atoms with Crippen LogP contribution in [0.3, 0.4) is 0 Å². The second-order valence-electron chi connectivity index (χ2n) is 3.64. The molecule has 1 heterocycles. The van der Waals surface area contributed by atoms with E-state index in [1.807, 2.05) is 0 Å². The summed E-state index contributed by atoms with van der Waals surface area (Å²) in [6.45, 7) is 0. The van der Waals surface area contributed by atoms with Gasteiger partial charge in [0.2, 0.25) is 5.28 Å². The lowest BCUT2D eigenvalue weighted by molar-refractivity contribution is 0.0538. The maximum atomic E-state index is 11.9. The first-order valence-electron chi connectivity index (χ1n) is 5.49. The number of amides is 1. The summed E-state index contributed by atoms with van der Waals surface area (Å²) in [4.78, 5) is 24.4. The predicted octanol–water partition coefficient (Wildman–Crippen LogP) is 2.93. The second-order valence-corrected chi connectivity index (χ2v) is 4.83. The third-order valence-corrected chi connectivity index (χ3v) is 3.10. The van der Waals surface area contributed by atoms with Crippen molar-refractivity contribution in [1.82, 2.24) is 15.4 Å². The van der Waals surface area contributed by atoms with Crippen molar-refractivity contribution in [3.05, 3.63) is 45.8 Å². The van der Waals surface area contributed by atoms with Crippen LogP contribution >= 0.6 is 27.5 Å². The van der Waals surface area contributed by atoms with Crippen molar-refractivity contribution in [3.8, 4) is 0 Å². The number of para-hydroxylation sites is 1. The number of nitrogens with zero attached hydrogens (tertiary/aromatic N) is 2. The van der Waals surface area contributed by atoms with Gasteiger partial charge in [0, 0.05) is 6.20 Å². The Balaban J connectivity index is 2.34. The van der Waals surface area contributed by atoms with Crippen LogP contribution in [0, 0.1) is 0 Å². The van der Waals surface area contributed by atoms with Crippen LogP contribution in [0.5, 0.6) is 0 Å². The van der Waals surface area contributed by atoms with Gasteiger partial charge in [-0.05, 0) is 39.7 Å². The largest absolute Gasteiger partial charge is 0.338 e. The molecule has 20 heavy (non-hydrogen) atoms. The fraction of sp³-hybridized carbons (Fsp3) is 0.0833. The van der Waals surface area contributed by atoms with E-state index in [0.29, 0.717) is 21.5 Å². The molecule has 0 radical (unpaired) electrons. The van der Waals surface area contributed by atoms with Crippen LogP contribution in [0.4, 0.5) is 11.5 Å². The fourth-order valence-corrected chi connectivity index (χ4v) is 1.92. The van der Waals surface area contributed by atoms with Crippen molar-refractivity contribution >= 4 is 44.9 Å². The van der Waals surface area contributed by atoms with Gasteiger partial charge in [-0.25, -0.2) is 10.5 Å². The zero-order chi connectivity index (χ0) is 14.5. The van der Waals surface area contributed by atoms with Crippen molar-refractivity contribution in [2.45, 2.75) is 0 Å². The van der Waals surface area contributed by atoms with Crippen molar-refractivity contribution in [3.63, 3.8) is 0 Å². The van der Waals surface area contributed by atoms with Crippen LogP contribution in [0.2, 0.25) is 5.28 Å². The third-order valence-electron chi connectivity index (χ3n) is 2.33. The Labute approximate surface area is 128 Å². The molecule has 0 unspecified atom stereocenters. The highest BCUT2D eigenvalue weighted by molar-refractivity contribution is 9.10. The van der Waals surface area contributed by atoms with E-state index >= 15 is 0 Å². The molecule has 2 rings (SSSR count). The van der Waals surface area contributed by atoms with E-state index < -0.39 is 0 Å². The van der Waals surface area contributed by atoms with E-state index in [1.54, 1.807) is 24.3 Å². The third kappa shape index (κ3) is 3.44. The number of aromatic nitrogens is 2. The molecule has 0 aliphatic rings. The first-order valence-corrected chi connectivity index (χ1v) is 6.66. The van der Waals surface area contributed by atoms with Crippen LogP contribution < -0.4 is 10.8 Å². The quantitative estimate of drug-likeness (QED) is 0.650. The number of hydroxylamine groups is 1. The number of nitrogens with one attached hydrogen (secondary N) is 2. The van der Waals surface area contributed by atoms with Crippen LogP contribution in [0.25, 0.3) is 0 Å². The van der Waals surface area contributed by atoms with Crippen LogP contribution in [0.1, 0.15) is 10.4 Å². The van der Waals surface area contributed by atoms with Gasteiger partial charge < -0.3 is 5.32 Å². The molecule has 0 aliphatic heterocycles. The fourth-order valence-electron chi connectivity index (χ4n) is 1.50. The van der Waals surface area contributed by atoms with Gasteiger partial charge in [-0.15, -0.1) is 0 Å². The standard InChI is InChI=1S/C12H10BrClN4O2/c1-20-18-11(19)7-4-2-3-5-9(7)16-10-8(13)6-15-12(14)17-10/h2-6H,1H3,(H,18,19)(H,15,16,17). The maximum Gasteiger partial charge on any atom is 0.276 e. The lowest BCUT2D eigenvalue weighted by Gasteiger charge is -2.11. The molecule has 8 heteroatoms. The first kappa shape index (κ1) is 14.7. The highest BCUT2D eigenvalue weighted by Crippen LogP contribution is 2.26. The number of benzene rings is 1. The van der Waals surface area contributed by atoms with Crippen molar-refractivity contribution in [2.24, 2.45) is 0 Å². The molecule has 0 bridgehead atoms. The Morgan fingerprint density at radius 2 is 2.15 bits per heavy atom. The topological polar surface area (TPSA) is 76.1 Å². The summed E-state index contributed by atoms with van der Waals surface area (Å²) in [7, 11) is 1.37. The highest BCUT2D eigenvalue weighted by Gasteiger charge is 2.12. The van der Waals surface area contributed by atoms with E-state index in [1.165, 1.54) is 13.3 Å². The second kappa shape index (κ2) is 6.65. The summed E-state index contributed by atoms with van der Waals surface area (Å²) < 4.78 is 0.629. The zero-order valence-electron chi connectivity index (χ0n) is 10.4. The van der Waals surface area contributed by atoms with Gasteiger partial charge in [0.15, 0.2) is 0 Å². The van der Waals surface area contributed by atoms with Gasteiger partial charge in [-0.3, -0.25) is 9.63 Å². The lowest BCUT2D eigenvalue weighted by Crippen LogP contribution is -2.22. The number of hydrogen-bond acceptors (Lipinski definition) is 5. The van der Waals surface area contributed by atoms with E-state index in [-0.39, 0.29) is 11.2 Å². The Morgan fingerprint density at radius 1 is 1.40 bits per heavy atom. The molecular formula is C12H10BrClN4O2. The number of anilines is 2. The van der Waals surface area contributed by atoms with Gasteiger partial charge in [0.25, 0.3) is 5.91 Å². The van der Waals surface area contributed by atoms with Gasteiger partial charge in [-0.1, -0.05) is 12.1 Å². The molecule has 1 amide bonds. The van der Waals surface area contributed by atoms with E-state index in [9.17, 15) is 4.79 Å². The molecule has 0 aliphatic carbocycles. The Kier molecular flexibility index (Phi) is 4.89. The average molecular weight is 358 g/mol. The molecule has 0 fully saturated rings. The number of carbonyl (C=O) groups is 1. The molecule has 1 aromatic heterocycles. The predicted molar refractivity (Wildman–Crippen MR) is 78.9 cm³/mol. The monoisotopic (exact) mass is 356 g/mol. The molecule has 2 aromatic rings. The summed E-state index contributed by atoms with van der Waals surface area (Å²) in [5.41, 5.74) is 3.24. The number of hydrogen-bond donors (Lipinski definition) is 2. The van der Waals surface area contributed by atoms with Crippen molar-refractivity contribution in [2.75, 3.05) is 12.4 Å². The van der Waals surface area contributed by atoms with Crippen molar-refractivity contribution < 1.29 is 9.63 Å². The normalized spacial score (nSPS) is 10.2. The Hall–Kier alpha value is -1.70. The maximum absolute atomic E-state index is 11.9. The van der Waals surface area contributed by atoms with Gasteiger partial charge >= 0.3 is 0 Å². The minimum atomic E-state index is -0.369. The SMILES string of the molecule is CONC(=O)c1ccccc1Nc1nc(Cl)ncc1Br. The average Bonchev–Trinajstić information content (AvgIpc) is 2.44. The molecule has 0 atom stereocenters. The van der Waals surface area contributed by atoms with E-state index in [0.717, 1.165) is 0 Å². The van der Waals surface area contributed by atoms with Crippen molar-refractivity contribution in [1.29, 1.82) is 0 Å². The minimum Gasteiger partial charge on any atom is -0.338 e. The van der Waals surface area contributed by atoms with Crippen LogP contribution in [-0.4, -0.2) is 23.0 Å². The highest BCUT2D eigenvalue weighted by atomic mass is 79.9. The number of rotatable bonds is 4. The molecular weight excluding hydrogens is 348 g/mol. The molecule has 104 valence electrons. The first-order chi connectivity index (χ1) is 9.61. The molecule has 1 aromatic carbocycles. The smallest absolute Gasteiger partial charge is 0.276 e. The number of carbonyl (C=O) groups excluding carboxylic acids is 1. The molecule has 0 saturated heterocycles. The van der Waals surface area contributed by atoms with Gasteiger partial charge in [0.1, 0.15) is 5.82 Å². The zero-order valence-corrected chi connectivity index (χ0v) is 12.7. The van der Waals surface area contributed by atoms with Crippen LogP contribution in [-0.2, 0) is 4.84 Å². The van der Waals surface area contributed by atoms with Crippen LogP contribution in [0.15, 0.2) is 34.9 Å². The lowest BCUT2D eigenvalue weighted by atomic mass is 10.1. The van der Waals surface area contributed by atoms with Gasteiger partial charge in [0.05, 0.1) is 22.8 Å². The summed E-state index contributed by atoms with van der Waals surface area (Å²) in [5, 5.41) is 3.13.